The van der Waals surface area contributed by atoms with Crippen LogP contribution in [0, 0.1) is 34.6 Å². The molecule has 0 saturated carbocycles. The van der Waals surface area contributed by atoms with Gasteiger partial charge in [-0.2, -0.15) is 0 Å². The number of carbonyl (C=O) groups is 1. The normalized spacial score (nSPS) is 11.2. The third-order valence-corrected chi connectivity index (χ3v) is 6.64. The van der Waals surface area contributed by atoms with Crippen LogP contribution in [0.3, 0.4) is 0 Å². The summed E-state index contributed by atoms with van der Waals surface area (Å²) in [5.74, 6) is 0.554. The van der Waals surface area contributed by atoms with Crippen LogP contribution in [-0.4, -0.2) is 32.7 Å². The van der Waals surface area contributed by atoms with Gasteiger partial charge in [-0.1, -0.05) is 0 Å². The highest BCUT2D eigenvalue weighted by Crippen LogP contribution is 2.40. The quantitative estimate of drug-likeness (QED) is 0.488. The molecule has 29 heavy (non-hydrogen) atoms. The fourth-order valence-corrected chi connectivity index (χ4v) is 4.78. The number of carbonyl (C=O) groups excluding carboxylic acids is 1. The maximum atomic E-state index is 11.9. The van der Waals surface area contributed by atoms with Crippen molar-refractivity contribution < 1.29 is 4.79 Å². The topological polar surface area (TPSA) is 72.2 Å². The Morgan fingerprint density at radius 2 is 1.79 bits per heavy atom. The number of nitrogens with zero attached hydrogens (tertiary/aromatic N) is 4. The molecule has 0 spiro atoms. The number of aromatic nitrogens is 4. The van der Waals surface area contributed by atoms with E-state index in [4.69, 9.17) is 4.98 Å². The minimum Gasteiger partial charge on any atom is -0.357 e. The van der Waals surface area contributed by atoms with Crippen molar-refractivity contribution in [3.05, 3.63) is 51.2 Å². The van der Waals surface area contributed by atoms with Crippen molar-refractivity contribution in [2.45, 2.75) is 34.6 Å². The Bertz CT molecular complexity index is 1270. The van der Waals surface area contributed by atoms with E-state index in [9.17, 15) is 4.79 Å². The number of thiazole rings is 1. The zero-order chi connectivity index (χ0) is 20.9. The van der Waals surface area contributed by atoms with Gasteiger partial charge < -0.3 is 5.32 Å². The number of rotatable bonds is 4. The van der Waals surface area contributed by atoms with Gasteiger partial charge in [0, 0.05) is 35.4 Å². The zero-order valence-electron chi connectivity index (χ0n) is 17.4. The van der Waals surface area contributed by atoms with Gasteiger partial charge in [-0.15, -0.1) is 11.3 Å². The van der Waals surface area contributed by atoms with E-state index in [2.05, 4.69) is 45.8 Å². The Morgan fingerprint density at radius 3 is 2.48 bits per heavy atom. The van der Waals surface area contributed by atoms with E-state index in [-0.39, 0.29) is 0 Å². The summed E-state index contributed by atoms with van der Waals surface area (Å²) in [4.78, 5) is 26.7. The van der Waals surface area contributed by atoms with Gasteiger partial charge >= 0.3 is 0 Å². The molecule has 4 rings (SSSR count). The zero-order valence-corrected chi connectivity index (χ0v) is 18.2. The SMILES string of the molecule is CNc1nccc(-c2c(-c3c(C)c(C)c(C)c(C=O)c3C)nc3scc(C)n23)n1. The molecule has 6 nitrogen and oxygen atoms in total. The molecular formula is C22H23N5OS. The van der Waals surface area contributed by atoms with Gasteiger partial charge in [-0.25, -0.2) is 15.0 Å². The summed E-state index contributed by atoms with van der Waals surface area (Å²) >= 11 is 1.60. The van der Waals surface area contributed by atoms with E-state index in [1.807, 2.05) is 19.9 Å². The van der Waals surface area contributed by atoms with Crippen molar-refractivity contribution in [3.63, 3.8) is 0 Å². The largest absolute Gasteiger partial charge is 0.357 e. The van der Waals surface area contributed by atoms with Crippen LogP contribution in [0.2, 0.25) is 0 Å². The summed E-state index contributed by atoms with van der Waals surface area (Å²) in [6.07, 6.45) is 2.70. The lowest BCUT2D eigenvalue weighted by molar-refractivity contribution is 0.112. The van der Waals surface area contributed by atoms with Crippen molar-refractivity contribution >= 4 is 28.5 Å². The molecule has 0 amide bonds. The number of hydrogen-bond donors (Lipinski definition) is 1. The standard InChI is InChI=1S/C22H23N5OS/c1-11-10-29-22-26-19(18-14(4)12(2)13(3)16(9-28)15(18)5)20(27(11)22)17-7-8-24-21(23-6)25-17/h7-10H,1-6H3,(H,23,24,25). The van der Waals surface area contributed by atoms with Crippen molar-refractivity contribution in [1.29, 1.82) is 0 Å². The van der Waals surface area contributed by atoms with Crippen LogP contribution >= 0.6 is 11.3 Å². The molecule has 4 aromatic rings. The molecule has 0 aliphatic heterocycles. The smallest absolute Gasteiger partial charge is 0.222 e. The molecule has 0 aliphatic rings. The molecule has 0 atom stereocenters. The van der Waals surface area contributed by atoms with Crippen LogP contribution in [0.1, 0.15) is 38.3 Å². The van der Waals surface area contributed by atoms with Crippen LogP contribution in [0.15, 0.2) is 17.6 Å². The highest BCUT2D eigenvalue weighted by Gasteiger charge is 2.25. The maximum Gasteiger partial charge on any atom is 0.222 e. The van der Waals surface area contributed by atoms with E-state index < -0.39 is 0 Å². The number of hydrogen-bond acceptors (Lipinski definition) is 6. The molecular weight excluding hydrogens is 382 g/mol. The molecule has 1 N–H and O–H groups in total. The van der Waals surface area contributed by atoms with Crippen LogP contribution in [0.4, 0.5) is 5.95 Å². The van der Waals surface area contributed by atoms with Crippen LogP contribution in [0.25, 0.3) is 27.6 Å². The second-order valence-corrected chi connectivity index (χ2v) is 8.06. The number of nitrogens with one attached hydrogen (secondary N) is 1. The molecule has 0 fully saturated rings. The third-order valence-electron chi connectivity index (χ3n) is 5.69. The summed E-state index contributed by atoms with van der Waals surface area (Å²) in [5.41, 5.74) is 9.63. The summed E-state index contributed by atoms with van der Waals surface area (Å²) in [7, 11) is 1.80. The average Bonchev–Trinajstić information content (AvgIpc) is 3.26. The number of anilines is 1. The molecule has 0 bridgehead atoms. The van der Waals surface area contributed by atoms with E-state index in [0.717, 1.165) is 67.4 Å². The van der Waals surface area contributed by atoms with Crippen molar-refractivity contribution in [2.24, 2.45) is 0 Å². The summed E-state index contributed by atoms with van der Waals surface area (Å²) in [6.45, 7) is 10.2. The Balaban J connectivity index is 2.14. The van der Waals surface area contributed by atoms with Crippen molar-refractivity contribution in [2.75, 3.05) is 12.4 Å². The highest BCUT2D eigenvalue weighted by molar-refractivity contribution is 7.15. The van der Waals surface area contributed by atoms with Gasteiger partial charge in [0.2, 0.25) is 5.95 Å². The number of fused-ring (bicyclic) bond motifs is 1. The van der Waals surface area contributed by atoms with Crippen LogP contribution in [-0.2, 0) is 0 Å². The van der Waals surface area contributed by atoms with E-state index in [1.165, 1.54) is 0 Å². The van der Waals surface area contributed by atoms with Gasteiger partial charge in [0.05, 0.1) is 5.69 Å². The average molecular weight is 406 g/mol. The summed E-state index contributed by atoms with van der Waals surface area (Å²) in [6, 6.07) is 1.90. The van der Waals surface area contributed by atoms with Crippen LogP contribution in [0.5, 0.6) is 0 Å². The van der Waals surface area contributed by atoms with E-state index in [1.54, 1.807) is 24.6 Å². The number of imidazole rings is 1. The first-order valence-corrected chi connectivity index (χ1v) is 10.3. The molecule has 7 heteroatoms. The number of aldehydes is 1. The molecule has 0 aliphatic carbocycles. The first kappa shape index (κ1) is 19.3. The molecule has 0 saturated heterocycles. The number of aryl methyl sites for hydroxylation is 1. The monoisotopic (exact) mass is 405 g/mol. The highest BCUT2D eigenvalue weighted by atomic mass is 32.1. The molecule has 0 radical (unpaired) electrons. The lowest BCUT2D eigenvalue weighted by atomic mass is 9.87. The first-order valence-electron chi connectivity index (χ1n) is 9.42. The molecule has 3 aromatic heterocycles. The van der Waals surface area contributed by atoms with Gasteiger partial charge in [-0.3, -0.25) is 9.20 Å². The maximum absolute atomic E-state index is 11.9. The minimum absolute atomic E-state index is 0.554. The van der Waals surface area contributed by atoms with Gasteiger partial charge in [0.15, 0.2) is 11.2 Å². The Labute approximate surface area is 173 Å². The van der Waals surface area contributed by atoms with Gasteiger partial charge in [0.1, 0.15) is 11.4 Å². The van der Waals surface area contributed by atoms with Crippen molar-refractivity contribution in [1.82, 2.24) is 19.4 Å². The second-order valence-electron chi connectivity index (χ2n) is 7.23. The van der Waals surface area contributed by atoms with E-state index >= 15 is 0 Å². The van der Waals surface area contributed by atoms with Crippen molar-refractivity contribution in [3.8, 4) is 22.6 Å². The summed E-state index contributed by atoms with van der Waals surface area (Å²) < 4.78 is 2.14. The molecule has 0 unspecified atom stereocenters. The lowest BCUT2D eigenvalue weighted by Crippen LogP contribution is -2.04. The molecule has 1 aromatic carbocycles. The summed E-state index contributed by atoms with van der Waals surface area (Å²) in [5, 5.41) is 5.10. The predicted molar refractivity (Wildman–Crippen MR) is 118 cm³/mol. The van der Waals surface area contributed by atoms with Gasteiger partial charge in [-0.05, 0) is 62.9 Å². The first-order chi connectivity index (χ1) is 13.9. The molecule has 148 valence electrons. The second kappa shape index (κ2) is 7.08. The minimum atomic E-state index is 0.554. The Morgan fingerprint density at radius 1 is 1.03 bits per heavy atom. The van der Waals surface area contributed by atoms with Crippen LogP contribution < -0.4 is 5.32 Å². The Kier molecular flexibility index (Phi) is 4.70. The predicted octanol–water partition coefficient (Wildman–Crippen LogP) is 4.92. The van der Waals surface area contributed by atoms with Gasteiger partial charge in [0.25, 0.3) is 0 Å². The Hall–Kier alpha value is -3.06. The third kappa shape index (κ3) is 2.84. The molecule has 3 heterocycles. The van der Waals surface area contributed by atoms with E-state index in [0.29, 0.717) is 5.95 Å². The lowest BCUT2D eigenvalue weighted by Gasteiger charge is -2.18. The number of benzene rings is 1. The fraction of sp³-hybridized carbons (Fsp3) is 0.273. The fourth-order valence-electron chi connectivity index (χ4n) is 3.92.